The Balaban J connectivity index is 2.30. The van der Waals surface area contributed by atoms with Gasteiger partial charge in [0.25, 0.3) is 0 Å². The predicted octanol–water partition coefficient (Wildman–Crippen LogP) is 3.45. The molecular weight excluding hydrogens is 252 g/mol. The number of methoxy groups -OCH3 is 1. The summed E-state index contributed by atoms with van der Waals surface area (Å²) in [5.74, 6) is -0.159. The van der Waals surface area contributed by atoms with Crippen LogP contribution in [0.25, 0.3) is 0 Å². The number of halogens is 1. The minimum atomic E-state index is -0.745. The lowest BCUT2D eigenvalue weighted by atomic mass is 9.88. The molecule has 1 aliphatic carbocycles. The second-order valence-corrected chi connectivity index (χ2v) is 5.25. The summed E-state index contributed by atoms with van der Waals surface area (Å²) in [6, 6.07) is 5.65. The van der Waals surface area contributed by atoms with Crippen LogP contribution in [0.4, 0.5) is 0 Å². The van der Waals surface area contributed by atoms with Crippen molar-refractivity contribution in [3.05, 3.63) is 34.3 Å². The van der Waals surface area contributed by atoms with E-state index in [4.69, 9.17) is 21.4 Å². The molecule has 0 amide bonds. The summed E-state index contributed by atoms with van der Waals surface area (Å²) in [6.45, 7) is 0.471. The lowest BCUT2D eigenvalue weighted by Crippen LogP contribution is -2.11. The van der Waals surface area contributed by atoms with Crippen LogP contribution in [-0.2, 0) is 16.1 Å². The van der Waals surface area contributed by atoms with Gasteiger partial charge in [0.2, 0.25) is 0 Å². The smallest absolute Gasteiger partial charge is 0.303 e. The average molecular weight is 269 g/mol. The van der Waals surface area contributed by atoms with E-state index in [1.807, 2.05) is 18.2 Å². The number of hydrogen-bond donors (Lipinski definition) is 1. The maximum Gasteiger partial charge on any atom is 0.303 e. The van der Waals surface area contributed by atoms with E-state index in [9.17, 15) is 4.79 Å². The van der Waals surface area contributed by atoms with Crippen LogP contribution in [0, 0.1) is 5.92 Å². The highest BCUT2D eigenvalue weighted by Gasteiger charge is 2.34. The normalized spacial score (nSPS) is 16.6. The zero-order chi connectivity index (χ0) is 13.1. The Morgan fingerprint density at radius 3 is 2.83 bits per heavy atom. The van der Waals surface area contributed by atoms with Gasteiger partial charge in [0, 0.05) is 12.1 Å². The lowest BCUT2D eigenvalue weighted by Gasteiger charge is -2.18. The van der Waals surface area contributed by atoms with Crippen molar-refractivity contribution >= 4 is 17.6 Å². The van der Waals surface area contributed by atoms with E-state index in [0.29, 0.717) is 17.5 Å². The van der Waals surface area contributed by atoms with Crippen molar-refractivity contribution in [2.75, 3.05) is 7.11 Å². The molecule has 18 heavy (non-hydrogen) atoms. The highest BCUT2D eigenvalue weighted by Crippen LogP contribution is 2.45. The molecule has 98 valence electrons. The van der Waals surface area contributed by atoms with Gasteiger partial charge in [-0.15, -0.1) is 0 Å². The fourth-order valence-corrected chi connectivity index (χ4v) is 2.63. The molecular formula is C14H17ClO3. The maximum absolute atomic E-state index is 11.0. The van der Waals surface area contributed by atoms with Crippen molar-refractivity contribution < 1.29 is 14.6 Å². The molecule has 1 aromatic carbocycles. The maximum atomic E-state index is 11.0. The molecule has 2 rings (SSSR count). The number of carboxylic acids is 1. The zero-order valence-corrected chi connectivity index (χ0v) is 11.1. The summed E-state index contributed by atoms with van der Waals surface area (Å²) in [6.07, 6.45) is 2.42. The van der Waals surface area contributed by atoms with Gasteiger partial charge < -0.3 is 9.84 Å². The minimum Gasteiger partial charge on any atom is -0.481 e. The van der Waals surface area contributed by atoms with Crippen LogP contribution in [0.5, 0.6) is 0 Å². The fourth-order valence-electron chi connectivity index (χ4n) is 2.43. The highest BCUT2D eigenvalue weighted by atomic mass is 35.5. The van der Waals surface area contributed by atoms with Gasteiger partial charge >= 0.3 is 5.97 Å². The Bertz CT molecular complexity index is 441. The first-order valence-corrected chi connectivity index (χ1v) is 6.48. The SMILES string of the molecule is COCc1cc(Cl)ccc1C(CC(=O)O)C1CC1. The molecule has 4 heteroatoms. The number of carbonyl (C=O) groups is 1. The molecule has 0 saturated heterocycles. The molecule has 1 saturated carbocycles. The van der Waals surface area contributed by atoms with E-state index in [1.165, 1.54) is 0 Å². The van der Waals surface area contributed by atoms with Crippen LogP contribution in [0.15, 0.2) is 18.2 Å². The second-order valence-electron chi connectivity index (χ2n) is 4.82. The largest absolute Gasteiger partial charge is 0.481 e. The first-order chi connectivity index (χ1) is 8.61. The molecule has 1 N–H and O–H groups in total. The standard InChI is InChI=1S/C14H17ClO3/c1-18-8-10-6-11(15)4-5-12(10)13(7-14(16)17)9-2-3-9/h4-6,9,13H,2-3,7-8H2,1H3,(H,16,17). The summed E-state index contributed by atoms with van der Waals surface area (Å²) in [5, 5.41) is 9.70. The van der Waals surface area contributed by atoms with Crippen LogP contribution < -0.4 is 0 Å². The first kappa shape index (κ1) is 13.4. The molecule has 0 spiro atoms. The minimum absolute atomic E-state index is 0.0879. The van der Waals surface area contributed by atoms with E-state index >= 15 is 0 Å². The Morgan fingerprint density at radius 1 is 1.56 bits per heavy atom. The summed E-state index contributed by atoms with van der Waals surface area (Å²) in [5.41, 5.74) is 2.08. The number of carboxylic acid groups (broad SMARTS) is 1. The molecule has 0 aromatic heterocycles. The Labute approximate surface area is 112 Å². The molecule has 1 atom stereocenters. The van der Waals surface area contributed by atoms with E-state index in [-0.39, 0.29) is 12.3 Å². The van der Waals surface area contributed by atoms with Crippen molar-refractivity contribution in [1.29, 1.82) is 0 Å². The molecule has 1 aliphatic rings. The molecule has 1 fully saturated rings. The molecule has 0 bridgehead atoms. The molecule has 1 aromatic rings. The molecule has 0 aliphatic heterocycles. The van der Waals surface area contributed by atoms with Gasteiger partial charge in [-0.05, 0) is 47.9 Å². The summed E-state index contributed by atoms with van der Waals surface area (Å²) in [7, 11) is 1.63. The Kier molecular flexibility index (Phi) is 4.25. The van der Waals surface area contributed by atoms with Gasteiger partial charge in [0.05, 0.1) is 13.0 Å². The van der Waals surface area contributed by atoms with Gasteiger partial charge in [0.15, 0.2) is 0 Å². The second kappa shape index (κ2) is 5.72. The highest BCUT2D eigenvalue weighted by molar-refractivity contribution is 6.30. The van der Waals surface area contributed by atoms with Crippen LogP contribution in [0.3, 0.4) is 0 Å². The molecule has 0 radical (unpaired) electrons. The number of hydrogen-bond acceptors (Lipinski definition) is 2. The van der Waals surface area contributed by atoms with Crippen LogP contribution >= 0.6 is 11.6 Å². The number of rotatable bonds is 6. The lowest BCUT2D eigenvalue weighted by molar-refractivity contribution is -0.137. The van der Waals surface area contributed by atoms with Crippen molar-refractivity contribution in [3.63, 3.8) is 0 Å². The summed E-state index contributed by atoms with van der Waals surface area (Å²) < 4.78 is 5.17. The third-order valence-electron chi connectivity index (χ3n) is 3.39. The number of benzene rings is 1. The third-order valence-corrected chi connectivity index (χ3v) is 3.63. The van der Waals surface area contributed by atoms with Crippen LogP contribution in [0.2, 0.25) is 5.02 Å². The molecule has 3 nitrogen and oxygen atoms in total. The summed E-state index contributed by atoms with van der Waals surface area (Å²) in [4.78, 5) is 11.0. The van der Waals surface area contributed by atoms with Crippen LogP contribution in [-0.4, -0.2) is 18.2 Å². The number of ether oxygens (including phenoxy) is 1. The molecule has 1 unspecified atom stereocenters. The van der Waals surface area contributed by atoms with Gasteiger partial charge in [0.1, 0.15) is 0 Å². The van der Waals surface area contributed by atoms with Crippen molar-refractivity contribution in [3.8, 4) is 0 Å². The van der Waals surface area contributed by atoms with E-state index in [2.05, 4.69) is 0 Å². The zero-order valence-electron chi connectivity index (χ0n) is 10.4. The predicted molar refractivity (Wildman–Crippen MR) is 69.9 cm³/mol. The topological polar surface area (TPSA) is 46.5 Å². The first-order valence-electron chi connectivity index (χ1n) is 6.11. The van der Waals surface area contributed by atoms with E-state index < -0.39 is 5.97 Å². The van der Waals surface area contributed by atoms with Gasteiger partial charge in [-0.25, -0.2) is 0 Å². The number of aliphatic carboxylic acids is 1. The van der Waals surface area contributed by atoms with E-state index in [1.54, 1.807) is 7.11 Å². The van der Waals surface area contributed by atoms with Gasteiger partial charge in [-0.3, -0.25) is 4.79 Å². The Morgan fingerprint density at radius 2 is 2.28 bits per heavy atom. The van der Waals surface area contributed by atoms with Crippen molar-refractivity contribution in [2.24, 2.45) is 5.92 Å². The average Bonchev–Trinajstić information content (AvgIpc) is 3.11. The fraction of sp³-hybridized carbons (Fsp3) is 0.500. The van der Waals surface area contributed by atoms with Gasteiger partial charge in [-0.2, -0.15) is 0 Å². The third kappa shape index (κ3) is 3.24. The van der Waals surface area contributed by atoms with Gasteiger partial charge in [-0.1, -0.05) is 17.7 Å². The molecule has 0 heterocycles. The van der Waals surface area contributed by atoms with Crippen LogP contribution in [0.1, 0.15) is 36.3 Å². The van der Waals surface area contributed by atoms with Crippen molar-refractivity contribution in [1.82, 2.24) is 0 Å². The summed E-state index contributed by atoms with van der Waals surface area (Å²) >= 11 is 5.99. The Hall–Kier alpha value is -1.06. The van der Waals surface area contributed by atoms with E-state index in [0.717, 1.165) is 24.0 Å². The quantitative estimate of drug-likeness (QED) is 0.859. The van der Waals surface area contributed by atoms with Crippen molar-refractivity contribution in [2.45, 2.75) is 31.8 Å². The monoisotopic (exact) mass is 268 g/mol.